The zero-order chi connectivity index (χ0) is 15.4. The molecule has 1 rings (SSSR count). The number of ether oxygens (including phenoxy) is 1. The quantitative estimate of drug-likeness (QED) is 0.818. The number of hydrogen-bond donors (Lipinski definition) is 1. The Bertz CT molecular complexity index is 452. The molecular weight excluding hydrogens is 274 g/mol. The van der Waals surface area contributed by atoms with Crippen molar-refractivity contribution < 1.29 is 14.0 Å². The Labute approximate surface area is 121 Å². The maximum Gasteiger partial charge on any atom is 0.404 e. The van der Waals surface area contributed by atoms with Gasteiger partial charge in [0.25, 0.3) is 0 Å². The molecule has 1 amide bonds. The summed E-state index contributed by atoms with van der Waals surface area (Å²) in [5.41, 5.74) is 5.73. The van der Waals surface area contributed by atoms with Gasteiger partial charge in [-0.05, 0) is 18.1 Å². The zero-order valence-electron chi connectivity index (χ0n) is 13.0. The number of carbonyl (C=O) groups excluding carboxylic acids is 1. The van der Waals surface area contributed by atoms with Crippen LogP contribution in [0, 0.1) is 0 Å². The van der Waals surface area contributed by atoms with Crippen LogP contribution in [0.5, 0.6) is 0 Å². The standard InChI is InChI=1S/C13H25N3O3Si/c1-13(2,3)20(4,5)19-7-6-16-9-11(8-15-16)10-18-12(14)17/h8-9H,6-7,10H2,1-5H3,(H2,14,17). The number of primary amides is 1. The van der Waals surface area contributed by atoms with Crippen molar-refractivity contribution >= 4 is 14.4 Å². The highest BCUT2D eigenvalue weighted by atomic mass is 28.4. The molecule has 0 aliphatic carbocycles. The Morgan fingerprint density at radius 1 is 1.45 bits per heavy atom. The van der Waals surface area contributed by atoms with Crippen molar-refractivity contribution in [2.75, 3.05) is 6.61 Å². The van der Waals surface area contributed by atoms with Gasteiger partial charge < -0.3 is 14.9 Å². The van der Waals surface area contributed by atoms with Gasteiger partial charge in [0.2, 0.25) is 0 Å². The molecule has 20 heavy (non-hydrogen) atoms. The molecule has 0 aliphatic heterocycles. The lowest BCUT2D eigenvalue weighted by molar-refractivity contribution is 0.150. The van der Waals surface area contributed by atoms with Crippen LogP contribution in [0.2, 0.25) is 18.1 Å². The van der Waals surface area contributed by atoms with E-state index in [2.05, 4.69) is 39.0 Å². The fourth-order valence-electron chi connectivity index (χ4n) is 1.37. The van der Waals surface area contributed by atoms with Crippen LogP contribution in [-0.4, -0.2) is 30.8 Å². The third-order valence-electron chi connectivity index (χ3n) is 3.66. The van der Waals surface area contributed by atoms with Crippen LogP contribution < -0.4 is 5.73 Å². The number of carbonyl (C=O) groups is 1. The lowest BCUT2D eigenvalue weighted by Gasteiger charge is -2.36. The summed E-state index contributed by atoms with van der Waals surface area (Å²) >= 11 is 0. The van der Waals surface area contributed by atoms with Gasteiger partial charge >= 0.3 is 6.09 Å². The van der Waals surface area contributed by atoms with E-state index in [1.807, 2.05) is 6.20 Å². The third kappa shape index (κ3) is 4.97. The lowest BCUT2D eigenvalue weighted by Crippen LogP contribution is -2.41. The van der Waals surface area contributed by atoms with Crippen molar-refractivity contribution in [2.45, 2.75) is 52.1 Å². The summed E-state index contributed by atoms with van der Waals surface area (Å²) in [6.45, 7) is 12.6. The Morgan fingerprint density at radius 2 is 2.10 bits per heavy atom. The van der Waals surface area contributed by atoms with Crippen molar-refractivity contribution in [1.82, 2.24) is 9.78 Å². The minimum Gasteiger partial charge on any atom is -0.445 e. The van der Waals surface area contributed by atoms with E-state index < -0.39 is 14.4 Å². The van der Waals surface area contributed by atoms with Gasteiger partial charge in [-0.3, -0.25) is 4.68 Å². The van der Waals surface area contributed by atoms with E-state index in [0.717, 1.165) is 5.56 Å². The predicted molar refractivity (Wildman–Crippen MR) is 79.7 cm³/mol. The van der Waals surface area contributed by atoms with Gasteiger partial charge in [0, 0.05) is 11.8 Å². The molecule has 1 aromatic rings. The van der Waals surface area contributed by atoms with Gasteiger partial charge in [0.15, 0.2) is 8.32 Å². The molecular formula is C13H25N3O3Si. The molecule has 0 aliphatic rings. The number of rotatable bonds is 6. The van der Waals surface area contributed by atoms with E-state index in [1.165, 1.54) is 0 Å². The Hall–Kier alpha value is -1.34. The molecule has 1 heterocycles. The first kappa shape index (κ1) is 16.7. The first-order valence-corrected chi connectivity index (χ1v) is 9.60. The summed E-state index contributed by atoms with van der Waals surface area (Å²) in [7, 11) is -1.71. The molecule has 0 radical (unpaired) electrons. The second-order valence-electron chi connectivity index (χ2n) is 6.33. The van der Waals surface area contributed by atoms with Gasteiger partial charge in [-0.25, -0.2) is 4.79 Å². The number of aromatic nitrogens is 2. The summed E-state index contributed by atoms with van der Waals surface area (Å²) in [6, 6.07) is 0. The van der Waals surface area contributed by atoms with Crippen molar-refractivity contribution in [1.29, 1.82) is 0 Å². The summed E-state index contributed by atoms with van der Waals surface area (Å²) in [6.07, 6.45) is 2.71. The van der Waals surface area contributed by atoms with Gasteiger partial charge in [0.05, 0.1) is 19.3 Å². The van der Waals surface area contributed by atoms with E-state index >= 15 is 0 Å². The minimum atomic E-state index is -1.71. The molecule has 0 bridgehead atoms. The molecule has 0 saturated carbocycles. The van der Waals surface area contributed by atoms with Crippen LogP contribution in [0.4, 0.5) is 4.79 Å². The van der Waals surface area contributed by atoms with Crippen LogP contribution in [0.25, 0.3) is 0 Å². The topological polar surface area (TPSA) is 79.4 Å². The summed E-state index contributed by atoms with van der Waals surface area (Å²) in [5.74, 6) is 0. The van der Waals surface area contributed by atoms with E-state index in [-0.39, 0.29) is 11.6 Å². The highest BCUT2D eigenvalue weighted by Gasteiger charge is 2.36. The molecule has 0 unspecified atom stereocenters. The maximum absolute atomic E-state index is 10.5. The van der Waals surface area contributed by atoms with Crippen molar-refractivity contribution in [3.63, 3.8) is 0 Å². The molecule has 0 spiro atoms. The van der Waals surface area contributed by atoms with Crippen LogP contribution >= 0.6 is 0 Å². The van der Waals surface area contributed by atoms with Crippen molar-refractivity contribution in [2.24, 2.45) is 5.73 Å². The second-order valence-corrected chi connectivity index (χ2v) is 11.1. The van der Waals surface area contributed by atoms with Gasteiger partial charge in [0.1, 0.15) is 6.61 Å². The Kier molecular flexibility index (Phi) is 5.35. The van der Waals surface area contributed by atoms with E-state index in [9.17, 15) is 4.79 Å². The molecule has 0 atom stereocenters. The zero-order valence-corrected chi connectivity index (χ0v) is 14.0. The number of nitrogens with two attached hydrogens (primary N) is 1. The smallest absolute Gasteiger partial charge is 0.404 e. The summed E-state index contributed by atoms with van der Waals surface area (Å²) in [4.78, 5) is 10.5. The molecule has 1 aromatic heterocycles. The van der Waals surface area contributed by atoms with Gasteiger partial charge in [-0.1, -0.05) is 20.8 Å². The molecule has 0 aromatic carbocycles. The summed E-state index contributed by atoms with van der Waals surface area (Å²) in [5, 5.41) is 4.40. The SMILES string of the molecule is CC(C)(C)[Si](C)(C)OCCn1cc(COC(N)=O)cn1. The summed E-state index contributed by atoms with van der Waals surface area (Å²) < 4.78 is 12.6. The first-order chi connectivity index (χ1) is 9.12. The van der Waals surface area contributed by atoms with Gasteiger partial charge in [-0.15, -0.1) is 0 Å². The largest absolute Gasteiger partial charge is 0.445 e. The van der Waals surface area contributed by atoms with E-state index in [4.69, 9.17) is 14.9 Å². The van der Waals surface area contributed by atoms with Crippen LogP contribution in [-0.2, 0) is 22.3 Å². The van der Waals surface area contributed by atoms with Crippen LogP contribution in [0.3, 0.4) is 0 Å². The first-order valence-electron chi connectivity index (χ1n) is 6.69. The van der Waals surface area contributed by atoms with E-state index in [0.29, 0.717) is 13.2 Å². The molecule has 2 N–H and O–H groups in total. The lowest BCUT2D eigenvalue weighted by atomic mass is 10.2. The fourth-order valence-corrected chi connectivity index (χ4v) is 2.40. The van der Waals surface area contributed by atoms with E-state index in [1.54, 1.807) is 10.9 Å². The second kappa shape index (κ2) is 6.40. The highest BCUT2D eigenvalue weighted by Crippen LogP contribution is 2.36. The predicted octanol–water partition coefficient (Wildman–Crippen LogP) is 2.50. The molecule has 6 nitrogen and oxygen atoms in total. The molecule has 0 saturated heterocycles. The van der Waals surface area contributed by atoms with Crippen molar-refractivity contribution in [3.8, 4) is 0 Å². The Balaban J connectivity index is 2.41. The molecule has 114 valence electrons. The molecule has 0 fully saturated rings. The average molecular weight is 299 g/mol. The fraction of sp³-hybridized carbons (Fsp3) is 0.692. The van der Waals surface area contributed by atoms with Gasteiger partial charge in [-0.2, -0.15) is 5.10 Å². The Morgan fingerprint density at radius 3 is 2.65 bits per heavy atom. The monoisotopic (exact) mass is 299 g/mol. The normalized spacial score (nSPS) is 12.4. The van der Waals surface area contributed by atoms with Crippen molar-refractivity contribution in [3.05, 3.63) is 18.0 Å². The molecule has 7 heteroatoms. The minimum absolute atomic E-state index is 0.151. The third-order valence-corrected chi connectivity index (χ3v) is 8.20. The number of hydrogen-bond acceptors (Lipinski definition) is 4. The average Bonchev–Trinajstić information content (AvgIpc) is 2.72. The number of amides is 1. The van der Waals surface area contributed by atoms with Crippen LogP contribution in [0.1, 0.15) is 26.3 Å². The maximum atomic E-state index is 10.5. The number of nitrogens with zero attached hydrogens (tertiary/aromatic N) is 2. The highest BCUT2D eigenvalue weighted by molar-refractivity contribution is 6.74. The van der Waals surface area contributed by atoms with Crippen LogP contribution in [0.15, 0.2) is 12.4 Å².